The van der Waals surface area contributed by atoms with Crippen molar-refractivity contribution in [3.8, 4) is 6.07 Å². The van der Waals surface area contributed by atoms with Gasteiger partial charge in [0.1, 0.15) is 43.1 Å². The number of nitrogens with one attached hydrogen (secondary N) is 1. The summed E-state index contributed by atoms with van der Waals surface area (Å²) in [5.41, 5.74) is -1.01. The Morgan fingerprint density at radius 3 is 1.67 bits per heavy atom. The smallest absolute Gasteiger partial charge is 0.303 e. The van der Waals surface area contributed by atoms with Crippen molar-refractivity contribution in [2.24, 2.45) is 17.8 Å². The standard InChI is InChI=1S/C35H52N2O16S/c1-15-16(2)29(48-23(9)42)33(50-25(15)13-44-20(6)39)53-31-27(37-19(5)38)35(54-12-11-36)51-26(14-45-21(7)40)30(31)52-34-32(49-24(10)43)28(47-22(8)41)17(3)18(4)46-34/h15-18,25-35H,12-14H2,1-10H3,(H,37,38)/t15-,16?,17-,18?,25?,26?,27?,28?,29?,30-,31?,32+,33+,34+,35+/m1/s1. The minimum atomic E-state index is -1.45. The topological polar surface area (TPSA) is 231 Å². The van der Waals surface area contributed by atoms with E-state index in [1.54, 1.807) is 13.8 Å². The number of hydrogen-bond donors (Lipinski definition) is 1. The number of amides is 1. The van der Waals surface area contributed by atoms with E-state index in [0.717, 1.165) is 18.7 Å². The summed E-state index contributed by atoms with van der Waals surface area (Å²) in [5.74, 6) is -5.02. The molecule has 0 aromatic rings. The van der Waals surface area contributed by atoms with Gasteiger partial charge in [-0.2, -0.15) is 5.26 Å². The molecule has 0 aliphatic carbocycles. The van der Waals surface area contributed by atoms with Gasteiger partial charge >= 0.3 is 29.8 Å². The minimum absolute atomic E-state index is 0.0893. The molecule has 1 N–H and O–H groups in total. The number of carbonyl (C=O) groups is 6. The SMILES string of the molecule is CC(=O)NC1C(O[C@@H]2OC(COC(C)=O)[C@H](C)C(C)C2OC(C)=O)[C@H](O[C@@H]2OC(C)[C@@H](C)C(OC(C)=O)[C@@H]2OC(C)=O)C(COC(C)=O)O[C@H]1SCC#N. The van der Waals surface area contributed by atoms with Crippen molar-refractivity contribution in [2.75, 3.05) is 19.0 Å². The predicted octanol–water partition coefficient (Wildman–Crippen LogP) is 1.54. The van der Waals surface area contributed by atoms with Gasteiger partial charge in [-0.3, -0.25) is 28.8 Å². The molecule has 3 rings (SSSR count). The highest BCUT2D eigenvalue weighted by Gasteiger charge is 2.56. The van der Waals surface area contributed by atoms with E-state index in [4.69, 9.17) is 47.4 Å². The van der Waals surface area contributed by atoms with Crippen LogP contribution in [0.15, 0.2) is 0 Å². The summed E-state index contributed by atoms with van der Waals surface area (Å²) in [4.78, 5) is 73.7. The molecule has 1 amide bonds. The number of nitriles is 1. The molecular weight excluding hydrogens is 736 g/mol. The second-order valence-corrected chi connectivity index (χ2v) is 14.7. The van der Waals surface area contributed by atoms with Crippen molar-refractivity contribution in [3.05, 3.63) is 0 Å². The minimum Gasteiger partial charge on any atom is -0.463 e. The molecule has 0 spiro atoms. The summed E-state index contributed by atoms with van der Waals surface area (Å²) in [5, 5.41) is 12.3. The lowest BCUT2D eigenvalue weighted by atomic mass is 9.83. The highest BCUT2D eigenvalue weighted by atomic mass is 32.2. The van der Waals surface area contributed by atoms with Gasteiger partial charge in [0.05, 0.1) is 30.1 Å². The van der Waals surface area contributed by atoms with Gasteiger partial charge < -0.3 is 52.7 Å². The van der Waals surface area contributed by atoms with Gasteiger partial charge in [0.2, 0.25) is 5.91 Å². The number of thioether (sulfide) groups is 1. The fraction of sp³-hybridized carbons (Fsp3) is 0.800. The average Bonchev–Trinajstić information content (AvgIpc) is 3.06. The van der Waals surface area contributed by atoms with Crippen LogP contribution in [0.2, 0.25) is 0 Å². The van der Waals surface area contributed by atoms with Crippen LogP contribution >= 0.6 is 11.8 Å². The first-order chi connectivity index (χ1) is 25.3. The Hall–Kier alpha value is -3.54. The summed E-state index contributed by atoms with van der Waals surface area (Å²) >= 11 is 1.02. The Labute approximate surface area is 318 Å². The fourth-order valence-corrected chi connectivity index (χ4v) is 7.45. The predicted molar refractivity (Wildman–Crippen MR) is 184 cm³/mol. The first kappa shape index (κ1) is 44.9. The van der Waals surface area contributed by atoms with Crippen LogP contribution in [-0.2, 0) is 76.1 Å². The van der Waals surface area contributed by atoms with Gasteiger partial charge in [0.25, 0.3) is 0 Å². The fourth-order valence-electron chi connectivity index (χ4n) is 6.56. The van der Waals surface area contributed by atoms with Crippen LogP contribution in [-0.4, -0.2) is 128 Å². The van der Waals surface area contributed by atoms with Crippen LogP contribution in [0, 0.1) is 29.1 Å². The molecule has 54 heavy (non-hydrogen) atoms. The quantitative estimate of drug-likeness (QED) is 0.194. The summed E-state index contributed by atoms with van der Waals surface area (Å²) in [6.07, 6.45) is -11.4. The lowest BCUT2D eigenvalue weighted by Crippen LogP contribution is -2.68. The zero-order chi connectivity index (χ0) is 40.4. The maximum atomic E-state index is 12.8. The lowest BCUT2D eigenvalue weighted by Gasteiger charge is -2.51. The van der Waals surface area contributed by atoms with E-state index in [1.165, 1.54) is 34.6 Å². The van der Waals surface area contributed by atoms with E-state index in [9.17, 15) is 34.0 Å². The Kier molecular flexibility index (Phi) is 16.9. The van der Waals surface area contributed by atoms with Crippen LogP contribution < -0.4 is 5.32 Å². The van der Waals surface area contributed by atoms with Crippen molar-refractivity contribution in [3.63, 3.8) is 0 Å². The van der Waals surface area contributed by atoms with E-state index in [1.807, 2.05) is 19.9 Å². The Bertz CT molecular complexity index is 1390. The number of nitrogens with zero attached hydrogens (tertiary/aromatic N) is 1. The molecular formula is C35H52N2O16S. The molecule has 15 atom stereocenters. The molecule has 0 aromatic carbocycles. The maximum absolute atomic E-state index is 12.8. The number of rotatable bonds is 14. The van der Waals surface area contributed by atoms with E-state index >= 15 is 0 Å². The molecule has 18 nitrogen and oxygen atoms in total. The van der Waals surface area contributed by atoms with Crippen LogP contribution in [0.1, 0.15) is 69.2 Å². The zero-order valence-electron chi connectivity index (χ0n) is 32.2. The summed E-state index contributed by atoms with van der Waals surface area (Å²) in [6.45, 7) is 13.8. The second kappa shape index (κ2) is 20.4. The van der Waals surface area contributed by atoms with Gasteiger partial charge in [-0.1, -0.05) is 20.8 Å². The highest BCUT2D eigenvalue weighted by molar-refractivity contribution is 8.00. The summed E-state index contributed by atoms with van der Waals surface area (Å²) in [6, 6.07) is 0.916. The second-order valence-electron chi connectivity index (χ2n) is 13.6. The molecule has 0 aromatic heterocycles. The van der Waals surface area contributed by atoms with Crippen molar-refractivity contribution in [1.29, 1.82) is 5.26 Å². The maximum Gasteiger partial charge on any atom is 0.303 e. The van der Waals surface area contributed by atoms with Crippen LogP contribution in [0.25, 0.3) is 0 Å². The van der Waals surface area contributed by atoms with E-state index in [-0.39, 0.29) is 18.3 Å². The normalized spacial score (nSPS) is 36.4. The van der Waals surface area contributed by atoms with Gasteiger partial charge in [0, 0.05) is 53.4 Å². The van der Waals surface area contributed by atoms with Crippen molar-refractivity contribution >= 4 is 47.5 Å². The van der Waals surface area contributed by atoms with Gasteiger partial charge in [0.15, 0.2) is 24.8 Å². The third-order valence-corrected chi connectivity index (χ3v) is 10.5. The first-order valence-corrected chi connectivity index (χ1v) is 18.7. The van der Waals surface area contributed by atoms with Crippen molar-refractivity contribution < 1.29 is 76.1 Å². The average molecular weight is 789 g/mol. The number of carbonyl (C=O) groups excluding carboxylic acids is 6. The largest absolute Gasteiger partial charge is 0.463 e. The molecule has 8 unspecified atom stereocenters. The van der Waals surface area contributed by atoms with Gasteiger partial charge in [-0.25, -0.2) is 0 Å². The van der Waals surface area contributed by atoms with Crippen LogP contribution in [0.5, 0.6) is 0 Å². The highest BCUT2D eigenvalue weighted by Crippen LogP contribution is 2.40. The van der Waals surface area contributed by atoms with E-state index < -0.39 is 127 Å². The van der Waals surface area contributed by atoms with Gasteiger partial charge in [-0.15, -0.1) is 11.8 Å². The molecule has 19 heteroatoms. The Morgan fingerprint density at radius 2 is 1.13 bits per heavy atom. The molecule has 0 saturated carbocycles. The third-order valence-electron chi connectivity index (χ3n) is 9.43. The molecule has 3 heterocycles. The van der Waals surface area contributed by atoms with E-state index in [2.05, 4.69) is 5.32 Å². The number of esters is 5. The van der Waals surface area contributed by atoms with Gasteiger partial charge in [-0.05, 0) is 12.8 Å². The molecule has 0 bridgehead atoms. The van der Waals surface area contributed by atoms with Crippen molar-refractivity contribution in [2.45, 2.75) is 142 Å². The molecule has 304 valence electrons. The molecule has 3 aliphatic heterocycles. The summed E-state index contributed by atoms with van der Waals surface area (Å²) < 4.78 is 60.0. The van der Waals surface area contributed by atoms with Crippen LogP contribution in [0.4, 0.5) is 0 Å². The molecule has 3 aliphatic rings. The lowest BCUT2D eigenvalue weighted by molar-refractivity contribution is -0.349. The Morgan fingerprint density at radius 1 is 0.611 bits per heavy atom. The van der Waals surface area contributed by atoms with Crippen molar-refractivity contribution in [1.82, 2.24) is 5.32 Å². The third kappa shape index (κ3) is 12.2. The molecule has 3 saturated heterocycles. The molecule has 0 radical (unpaired) electrons. The first-order valence-electron chi connectivity index (χ1n) is 17.7. The zero-order valence-corrected chi connectivity index (χ0v) is 33.0. The Balaban J connectivity index is 2.21. The monoisotopic (exact) mass is 788 g/mol. The number of ether oxygens (including phenoxy) is 10. The number of hydrogen-bond acceptors (Lipinski definition) is 18. The van der Waals surface area contributed by atoms with Crippen LogP contribution in [0.3, 0.4) is 0 Å². The van der Waals surface area contributed by atoms with E-state index in [0.29, 0.717) is 0 Å². The molecule has 3 fully saturated rings. The summed E-state index contributed by atoms with van der Waals surface area (Å²) in [7, 11) is 0.